The predicted molar refractivity (Wildman–Crippen MR) is 130 cm³/mol. The van der Waals surface area contributed by atoms with Gasteiger partial charge in [0.1, 0.15) is 11.6 Å². The molecule has 1 aliphatic heterocycles. The van der Waals surface area contributed by atoms with Crippen LogP contribution in [0.25, 0.3) is 5.76 Å². The first-order chi connectivity index (χ1) is 16.8. The highest BCUT2D eigenvalue weighted by Gasteiger charge is 2.46. The summed E-state index contributed by atoms with van der Waals surface area (Å²) in [4.78, 5) is 27.5. The number of amides is 1. The fraction of sp³-hybridized carbons (Fsp3) is 0.214. The molecular formula is C28H26FNO5. The lowest BCUT2D eigenvalue weighted by molar-refractivity contribution is -0.139. The van der Waals surface area contributed by atoms with Crippen LogP contribution in [0.2, 0.25) is 0 Å². The Hall–Kier alpha value is -4.13. The molecule has 0 aliphatic carbocycles. The third-order valence-corrected chi connectivity index (χ3v) is 6.15. The number of Topliss-reactive ketones (excluding diaryl/α,β-unsaturated/α-hetero) is 1. The van der Waals surface area contributed by atoms with Crippen LogP contribution in [-0.4, -0.2) is 42.5 Å². The lowest BCUT2D eigenvalue weighted by Gasteiger charge is -2.26. The van der Waals surface area contributed by atoms with Crippen LogP contribution in [0.5, 0.6) is 11.5 Å². The number of methoxy groups -OCH3 is 2. The van der Waals surface area contributed by atoms with E-state index in [0.29, 0.717) is 23.5 Å². The van der Waals surface area contributed by atoms with Crippen LogP contribution < -0.4 is 9.47 Å². The van der Waals surface area contributed by atoms with Gasteiger partial charge in [-0.3, -0.25) is 9.59 Å². The Kier molecular flexibility index (Phi) is 6.87. The maximum Gasteiger partial charge on any atom is 0.295 e. The van der Waals surface area contributed by atoms with Crippen molar-refractivity contribution in [3.05, 3.63) is 100 Å². The van der Waals surface area contributed by atoms with E-state index in [1.54, 1.807) is 49.6 Å². The normalized spacial score (nSPS) is 17.0. The van der Waals surface area contributed by atoms with E-state index in [4.69, 9.17) is 9.47 Å². The highest BCUT2D eigenvalue weighted by atomic mass is 19.1. The van der Waals surface area contributed by atoms with Crippen molar-refractivity contribution >= 4 is 17.4 Å². The third kappa shape index (κ3) is 4.62. The fourth-order valence-corrected chi connectivity index (χ4v) is 4.28. The Morgan fingerprint density at radius 3 is 2.31 bits per heavy atom. The highest BCUT2D eigenvalue weighted by molar-refractivity contribution is 6.46. The highest BCUT2D eigenvalue weighted by Crippen LogP contribution is 2.40. The Bertz CT molecular complexity index is 1300. The molecule has 4 rings (SSSR count). The van der Waals surface area contributed by atoms with Crippen molar-refractivity contribution in [2.24, 2.45) is 0 Å². The summed E-state index contributed by atoms with van der Waals surface area (Å²) in [5, 5.41) is 11.1. The van der Waals surface area contributed by atoms with E-state index in [2.05, 4.69) is 0 Å². The van der Waals surface area contributed by atoms with Gasteiger partial charge in [0, 0.05) is 17.7 Å². The van der Waals surface area contributed by atoms with Crippen LogP contribution in [0, 0.1) is 12.7 Å². The maximum absolute atomic E-state index is 14.9. The molecule has 0 radical (unpaired) electrons. The molecule has 1 N–H and O–H groups in total. The van der Waals surface area contributed by atoms with Gasteiger partial charge in [0.05, 0.1) is 25.8 Å². The molecule has 6 nitrogen and oxygen atoms in total. The van der Waals surface area contributed by atoms with E-state index in [9.17, 15) is 19.1 Å². The number of halogens is 1. The first kappa shape index (κ1) is 24.0. The second-order valence-electron chi connectivity index (χ2n) is 8.32. The van der Waals surface area contributed by atoms with Gasteiger partial charge >= 0.3 is 0 Å². The number of ketones is 1. The lowest BCUT2D eigenvalue weighted by Crippen LogP contribution is -2.32. The molecule has 0 aromatic heterocycles. The van der Waals surface area contributed by atoms with Crippen LogP contribution in [0.1, 0.15) is 28.3 Å². The van der Waals surface area contributed by atoms with Crippen molar-refractivity contribution < 1.29 is 28.6 Å². The molecule has 35 heavy (non-hydrogen) atoms. The van der Waals surface area contributed by atoms with Crippen LogP contribution in [0.15, 0.2) is 72.3 Å². The van der Waals surface area contributed by atoms with Gasteiger partial charge in [0.25, 0.3) is 11.7 Å². The van der Waals surface area contributed by atoms with E-state index in [1.165, 1.54) is 30.2 Å². The monoisotopic (exact) mass is 475 g/mol. The number of aryl methyl sites for hydroxylation is 1. The van der Waals surface area contributed by atoms with Gasteiger partial charge in [-0.15, -0.1) is 0 Å². The number of hydrogen-bond acceptors (Lipinski definition) is 5. The Morgan fingerprint density at radius 1 is 0.971 bits per heavy atom. The van der Waals surface area contributed by atoms with Gasteiger partial charge in [0.2, 0.25) is 0 Å². The van der Waals surface area contributed by atoms with Gasteiger partial charge in [-0.1, -0.05) is 54.1 Å². The average Bonchev–Trinajstić information content (AvgIpc) is 3.12. The topological polar surface area (TPSA) is 76.1 Å². The number of ether oxygens (including phenoxy) is 2. The number of aliphatic hydroxyl groups excluding tert-OH is 1. The standard InChI is InChI=1S/C28H26FNO5/c1-17-8-11-19(12-9-17)26(31)24-25(20-6-4-5-7-21(20)29)30(28(33)27(24)32)15-14-18-10-13-22(34-2)23(16-18)35-3/h4-13,16,25,31H,14-15H2,1-3H3/b26-24-. The van der Waals surface area contributed by atoms with Crippen molar-refractivity contribution in [1.82, 2.24) is 4.90 Å². The summed E-state index contributed by atoms with van der Waals surface area (Å²) in [6.45, 7) is 2.03. The number of rotatable bonds is 7. The van der Waals surface area contributed by atoms with Crippen LogP contribution in [0.3, 0.4) is 0 Å². The minimum Gasteiger partial charge on any atom is -0.507 e. The van der Waals surface area contributed by atoms with E-state index >= 15 is 0 Å². The summed E-state index contributed by atoms with van der Waals surface area (Å²) in [5.41, 5.74) is 2.22. The molecule has 1 saturated heterocycles. The minimum absolute atomic E-state index is 0.128. The van der Waals surface area contributed by atoms with Crippen molar-refractivity contribution in [2.75, 3.05) is 20.8 Å². The molecule has 3 aromatic carbocycles. The van der Waals surface area contributed by atoms with Crippen molar-refractivity contribution in [3.8, 4) is 11.5 Å². The van der Waals surface area contributed by atoms with Crippen molar-refractivity contribution in [3.63, 3.8) is 0 Å². The smallest absolute Gasteiger partial charge is 0.295 e. The van der Waals surface area contributed by atoms with Gasteiger partial charge in [0.15, 0.2) is 11.5 Å². The average molecular weight is 476 g/mol. The van der Waals surface area contributed by atoms with Gasteiger partial charge < -0.3 is 19.5 Å². The molecule has 1 unspecified atom stereocenters. The molecule has 1 fully saturated rings. The van der Waals surface area contributed by atoms with Crippen molar-refractivity contribution in [1.29, 1.82) is 0 Å². The molecule has 1 aliphatic rings. The lowest BCUT2D eigenvalue weighted by atomic mass is 9.94. The Labute approximate surface area is 203 Å². The van der Waals surface area contributed by atoms with E-state index in [0.717, 1.165) is 11.1 Å². The second-order valence-corrected chi connectivity index (χ2v) is 8.32. The Morgan fingerprint density at radius 2 is 1.66 bits per heavy atom. The maximum atomic E-state index is 14.9. The number of hydrogen-bond donors (Lipinski definition) is 1. The Balaban J connectivity index is 1.75. The molecule has 7 heteroatoms. The first-order valence-electron chi connectivity index (χ1n) is 11.2. The molecule has 0 bridgehead atoms. The molecule has 3 aromatic rings. The van der Waals surface area contributed by atoms with E-state index in [-0.39, 0.29) is 23.4 Å². The predicted octanol–water partition coefficient (Wildman–Crippen LogP) is 4.82. The van der Waals surface area contributed by atoms with Crippen LogP contribution in [0.4, 0.5) is 4.39 Å². The van der Waals surface area contributed by atoms with Crippen molar-refractivity contribution in [2.45, 2.75) is 19.4 Å². The number of likely N-dealkylation sites (tertiary alicyclic amines) is 1. The van der Waals surface area contributed by atoms with E-state index < -0.39 is 23.5 Å². The summed E-state index contributed by atoms with van der Waals surface area (Å²) >= 11 is 0. The molecular weight excluding hydrogens is 449 g/mol. The summed E-state index contributed by atoms with van der Waals surface area (Å²) in [5.74, 6) is -1.41. The van der Waals surface area contributed by atoms with Gasteiger partial charge in [-0.25, -0.2) is 4.39 Å². The minimum atomic E-state index is -1.06. The van der Waals surface area contributed by atoms with Crippen LogP contribution >= 0.6 is 0 Å². The fourth-order valence-electron chi connectivity index (χ4n) is 4.28. The third-order valence-electron chi connectivity index (χ3n) is 6.15. The SMILES string of the molecule is COc1ccc(CCN2C(=O)C(=O)/C(=C(\O)c3ccc(C)cc3)C2c2ccccc2F)cc1OC. The number of carbonyl (C=O) groups excluding carboxylic acids is 2. The zero-order valence-electron chi connectivity index (χ0n) is 19.7. The first-order valence-corrected chi connectivity index (χ1v) is 11.2. The number of aliphatic hydroxyl groups is 1. The molecule has 0 spiro atoms. The number of nitrogens with zero attached hydrogens (tertiary/aromatic N) is 1. The van der Waals surface area contributed by atoms with Crippen LogP contribution in [-0.2, 0) is 16.0 Å². The largest absolute Gasteiger partial charge is 0.507 e. The summed E-state index contributed by atoms with van der Waals surface area (Å²) in [6, 6.07) is 17.2. The summed E-state index contributed by atoms with van der Waals surface area (Å²) in [7, 11) is 3.07. The number of benzene rings is 3. The summed E-state index contributed by atoms with van der Waals surface area (Å²) < 4.78 is 25.5. The molecule has 180 valence electrons. The van der Waals surface area contributed by atoms with Gasteiger partial charge in [-0.05, 0) is 37.1 Å². The molecule has 1 atom stereocenters. The zero-order valence-corrected chi connectivity index (χ0v) is 19.7. The second kappa shape index (κ2) is 10.0. The zero-order chi connectivity index (χ0) is 25.1. The quantitative estimate of drug-likeness (QED) is 0.301. The van der Waals surface area contributed by atoms with E-state index in [1.807, 2.05) is 13.0 Å². The van der Waals surface area contributed by atoms with Gasteiger partial charge in [-0.2, -0.15) is 0 Å². The number of carbonyl (C=O) groups is 2. The molecule has 0 saturated carbocycles. The molecule has 1 heterocycles. The summed E-state index contributed by atoms with van der Waals surface area (Å²) in [6.07, 6.45) is 0.378. The molecule has 1 amide bonds.